The van der Waals surface area contributed by atoms with Crippen LogP contribution in [0.2, 0.25) is 0 Å². The highest BCUT2D eigenvalue weighted by Crippen LogP contribution is 2.32. The molecule has 0 radical (unpaired) electrons. The van der Waals surface area contributed by atoms with Crippen LogP contribution in [0.1, 0.15) is 22.4 Å². The predicted octanol–water partition coefficient (Wildman–Crippen LogP) is 3.83. The summed E-state index contributed by atoms with van der Waals surface area (Å²) in [5, 5.41) is 0.608. The molecule has 32 heavy (non-hydrogen) atoms. The van der Waals surface area contributed by atoms with Crippen LogP contribution >= 0.6 is 11.3 Å². The Labute approximate surface area is 186 Å². The number of fused-ring (bicyclic) bond motifs is 1. The number of amides is 1. The summed E-state index contributed by atoms with van der Waals surface area (Å²) in [6.45, 7) is 5.84. The van der Waals surface area contributed by atoms with Crippen LogP contribution in [0.25, 0.3) is 10.2 Å². The van der Waals surface area contributed by atoms with Gasteiger partial charge in [-0.05, 0) is 37.6 Å². The molecule has 6 nitrogen and oxygen atoms in total. The van der Waals surface area contributed by atoms with E-state index < -0.39 is 11.7 Å². The molecule has 1 fully saturated rings. The Morgan fingerprint density at radius 3 is 2.56 bits per heavy atom. The van der Waals surface area contributed by atoms with Crippen molar-refractivity contribution in [2.24, 2.45) is 0 Å². The molecule has 0 saturated carbocycles. The number of carbonyl (C=O) groups excluding carboxylic acids is 1. The Morgan fingerprint density at radius 2 is 1.88 bits per heavy atom. The molecule has 1 aliphatic rings. The van der Waals surface area contributed by atoms with Gasteiger partial charge in [0.15, 0.2) is 0 Å². The van der Waals surface area contributed by atoms with Gasteiger partial charge in [-0.25, -0.2) is 4.98 Å². The van der Waals surface area contributed by atoms with Gasteiger partial charge in [-0.15, -0.1) is 11.3 Å². The maximum atomic E-state index is 13.0. The summed E-state index contributed by atoms with van der Waals surface area (Å²) in [6, 6.07) is 5.24. The van der Waals surface area contributed by atoms with Gasteiger partial charge in [0.1, 0.15) is 4.83 Å². The number of nitrogens with zero attached hydrogens (tertiary/aromatic N) is 4. The summed E-state index contributed by atoms with van der Waals surface area (Å²) in [7, 11) is 0. The molecule has 1 aromatic carbocycles. The molecule has 0 spiro atoms. The van der Waals surface area contributed by atoms with E-state index in [-0.39, 0.29) is 24.4 Å². The summed E-state index contributed by atoms with van der Waals surface area (Å²) >= 11 is 1.48. The highest BCUT2D eigenvalue weighted by molar-refractivity contribution is 7.18. The second-order valence-corrected chi connectivity index (χ2v) is 9.08. The summed E-state index contributed by atoms with van der Waals surface area (Å²) in [5.41, 5.74) is 0.604. The van der Waals surface area contributed by atoms with Gasteiger partial charge >= 0.3 is 6.18 Å². The smallest absolute Gasteiger partial charge is 0.368 e. The number of halogens is 3. The number of aromatic nitrogens is 2. The van der Waals surface area contributed by atoms with E-state index in [2.05, 4.69) is 4.98 Å². The highest BCUT2D eigenvalue weighted by Gasteiger charge is 2.31. The Bertz CT molecular complexity index is 1210. The molecule has 0 aliphatic carbocycles. The van der Waals surface area contributed by atoms with Crippen molar-refractivity contribution >= 4 is 33.1 Å². The highest BCUT2D eigenvalue weighted by atomic mass is 32.1. The number of anilines is 1. The lowest BCUT2D eigenvalue weighted by molar-refractivity contribution is -0.137. The molecule has 10 heteroatoms. The summed E-state index contributed by atoms with van der Waals surface area (Å²) in [4.78, 5) is 35.1. The first kappa shape index (κ1) is 22.3. The number of hydrogen-bond donors (Lipinski definition) is 0. The number of thiophene rings is 1. The first-order chi connectivity index (χ1) is 15.1. The Morgan fingerprint density at radius 1 is 1.16 bits per heavy atom. The van der Waals surface area contributed by atoms with Gasteiger partial charge in [-0.3, -0.25) is 14.2 Å². The van der Waals surface area contributed by atoms with Crippen molar-refractivity contribution in [3.05, 3.63) is 57.0 Å². The SMILES string of the molecule is Cc1sc2ncn(CCC(=O)N3CCN(c4cccc(C(F)(F)F)c4)CC3)c(=O)c2c1C. The fourth-order valence-corrected chi connectivity index (χ4v) is 4.88. The van der Waals surface area contributed by atoms with E-state index in [1.807, 2.05) is 18.7 Å². The quantitative estimate of drug-likeness (QED) is 0.589. The molecule has 0 bridgehead atoms. The summed E-state index contributed by atoms with van der Waals surface area (Å²) in [5.74, 6) is -0.0843. The standard InChI is InChI=1S/C22H23F3N4O2S/c1-14-15(2)32-20-19(14)21(31)29(13-26-20)7-6-18(30)28-10-8-27(9-11-28)17-5-3-4-16(12-17)22(23,24)25/h3-5,12-13H,6-11H2,1-2H3. The van der Waals surface area contributed by atoms with Crippen molar-refractivity contribution < 1.29 is 18.0 Å². The van der Waals surface area contributed by atoms with Gasteiger partial charge < -0.3 is 9.80 Å². The number of carbonyl (C=O) groups is 1. The Kier molecular flexibility index (Phi) is 5.98. The number of rotatable bonds is 4. The van der Waals surface area contributed by atoms with E-state index in [0.717, 1.165) is 22.6 Å². The zero-order valence-corrected chi connectivity index (χ0v) is 18.6. The molecule has 170 valence electrons. The topological polar surface area (TPSA) is 58.4 Å². The van der Waals surface area contributed by atoms with E-state index in [4.69, 9.17) is 0 Å². The molecule has 1 aliphatic heterocycles. The largest absolute Gasteiger partial charge is 0.416 e. The van der Waals surface area contributed by atoms with Crippen LogP contribution in [0, 0.1) is 13.8 Å². The number of aryl methyl sites for hydroxylation is 3. The molecule has 1 saturated heterocycles. The summed E-state index contributed by atoms with van der Waals surface area (Å²) < 4.78 is 40.4. The molecular weight excluding hydrogens is 441 g/mol. The maximum Gasteiger partial charge on any atom is 0.416 e. The van der Waals surface area contributed by atoms with E-state index in [9.17, 15) is 22.8 Å². The van der Waals surface area contributed by atoms with Gasteiger partial charge in [0.2, 0.25) is 5.91 Å². The molecular formula is C22H23F3N4O2S. The zero-order chi connectivity index (χ0) is 23.0. The Hall–Kier alpha value is -2.88. The minimum Gasteiger partial charge on any atom is -0.368 e. The molecule has 4 rings (SSSR count). The molecule has 2 aromatic heterocycles. The van der Waals surface area contributed by atoms with Crippen LogP contribution in [0.15, 0.2) is 35.4 Å². The van der Waals surface area contributed by atoms with Gasteiger partial charge in [-0.1, -0.05) is 6.07 Å². The van der Waals surface area contributed by atoms with Crippen LogP contribution in [-0.2, 0) is 17.5 Å². The van der Waals surface area contributed by atoms with Crippen molar-refractivity contribution in [2.75, 3.05) is 31.1 Å². The molecule has 3 heterocycles. The van der Waals surface area contributed by atoms with Crippen molar-refractivity contribution in [1.82, 2.24) is 14.5 Å². The molecule has 0 N–H and O–H groups in total. The lowest BCUT2D eigenvalue weighted by atomic mass is 10.1. The van der Waals surface area contributed by atoms with E-state index in [1.54, 1.807) is 11.0 Å². The van der Waals surface area contributed by atoms with E-state index in [1.165, 1.54) is 28.3 Å². The third-order valence-corrected chi connectivity index (χ3v) is 7.01. The molecule has 1 amide bonds. The van der Waals surface area contributed by atoms with E-state index >= 15 is 0 Å². The third-order valence-electron chi connectivity index (χ3n) is 5.89. The fraction of sp³-hybridized carbons (Fsp3) is 0.409. The number of piperazine rings is 1. The number of alkyl halides is 3. The minimum atomic E-state index is -4.38. The predicted molar refractivity (Wildman–Crippen MR) is 118 cm³/mol. The van der Waals surface area contributed by atoms with Crippen molar-refractivity contribution in [1.29, 1.82) is 0 Å². The normalized spacial score (nSPS) is 14.9. The Balaban J connectivity index is 1.37. The van der Waals surface area contributed by atoms with Crippen LogP contribution in [0.5, 0.6) is 0 Å². The first-order valence-corrected chi connectivity index (χ1v) is 11.1. The van der Waals surface area contributed by atoms with Crippen LogP contribution in [0.4, 0.5) is 18.9 Å². The van der Waals surface area contributed by atoms with Crippen molar-refractivity contribution in [3.63, 3.8) is 0 Å². The van der Waals surface area contributed by atoms with Crippen molar-refractivity contribution in [3.8, 4) is 0 Å². The minimum absolute atomic E-state index is 0.0843. The second-order valence-electron chi connectivity index (χ2n) is 7.87. The van der Waals surface area contributed by atoms with Crippen LogP contribution < -0.4 is 10.5 Å². The average Bonchev–Trinajstić information content (AvgIpc) is 3.07. The third kappa shape index (κ3) is 4.36. The maximum absolute atomic E-state index is 13.0. The number of benzene rings is 1. The van der Waals surface area contributed by atoms with Crippen LogP contribution in [0.3, 0.4) is 0 Å². The van der Waals surface area contributed by atoms with Gasteiger partial charge in [0.05, 0.1) is 17.3 Å². The molecule has 3 aromatic rings. The van der Waals surface area contributed by atoms with Gasteiger partial charge in [0.25, 0.3) is 5.56 Å². The lowest BCUT2D eigenvalue weighted by Crippen LogP contribution is -2.49. The molecule has 0 unspecified atom stereocenters. The monoisotopic (exact) mass is 464 g/mol. The lowest BCUT2D eigenvalue weighted by Gasteiger charge is -2.36. The first-order valence-electron chi connectivity index (χ1n) is 10.3. The van der Waals surface area contributed by atoms with Crippen LogP contribution in [-0.4, -0.2) is 46.5 Å². The van der Waals surface area contributed by atoms with Gasteiger partial charge in [-0.2, -0.15) is 13.2 Å². The van der Waals surface area contributed by atoms with Gasteiger partial charge in [0, 0.05) is 49.7 Å². The average molecular weight is 465 g/mol. The zero-order valence-electron chi connectivity index (χ0n) is 17.8. The summed E-state index contributed by atoms with van der Waals surface area (Å²) in [6.07, 6.45) is -2.73. The second kappa shape index (κ2) is 8.57. The fourth-order valence-electron chi connectivity index (χ4n) is 3.90. The van der Waals surface area contributed by atoms with Crippen molar-refractivity contribution in [2.45, 2.75) is 33.0 Å². The van der Waals surface area contributed by atoms with E-state index in [0.29, 0.717) is 42.1 Å². The molecule has 0 atom stereocenters. The number of hydrogen-bond acceptors (Lipinski definition) is 5.